The highest BCUT2D eigenvalue weighted by Gasteiger charge is 2.26. The zero-order valence-corrected chi connectivity index (χ0v) is 16.8. The number of rotatable bonds is 6. The second-order valence-corrected chi connectivity index (χ2v) is 8.02. The van der Waals surface area contributed by atoms with Gasteiger partial charge in [-0.15, -0.1) is 0 Å². The summed E-state index contributed by atoms with van der Waals surface area (Å²) < 4.78 is 2.23. The molecule has 2 N–H and O–H groups in total. The van der Waals surface area contributed by atoms with E-state index in [0.29, 0.717) is 11.7 Å². The molecule has 1 aliphatic rings. The van der Waals surface area contributed by atoms with Crippen LogP contribution in [0, 0.1) is 6.92 Å². The van der Waals surface area contributed by atoms with E-state index in [-0.39, 0.29) is 5.56 Å². The summed E-state index contributed by atoms with van der Waals surface area (Å²) >= 11 is 0. The Hall–Kier alpha value is -3.60. The Morgan fingerprint density at radius 2 is 1.97 bits per heavy atom. The van der Waals surface area contributed by atoms with Crippen LogP contribution in [0.15, 0.2) is 67.0 Å². The molecule has 5 rings (SSSR count). The van der Waals surface area contributed by atoms with Gasteiger partial charge in [0.05, 0.1) is 0 Å². The SMILES string of the molecule is Cc1cc2c(ccn2Cc2ccccc2)cc1Nc1ncc(C2CC2)cc1C(=O)O. The van der Waals surface area contributed by atoms with E-state index < -0.39 is 5.97 Å². The molecule has 0 unspecified atom stereocenters. The largest absolute Gasteiger partial charge is 0.478 e. The maximum atomic E-state index is 11.8. The maximum absolute atomic E-state index is 11.8. The number of aromatic nitrogens is 2. The third-order valence-corrected chi connectivity index (χ3v) is 5.75. The van der Waals surface area contributed by atoms with Crippen LogP contribution in [0.3, 0.4) is 0 Å². The Bertz CT molecular complexity index is 1240. The minimum atomic E-state index is -0.958. The number of aromatic carboxylic acids is 1. The quantitative estimate of drug-likeness (QED) is 0.437. The van der Waals surface area contributed by atoms with Gasteiger partial charge in [0.25, 0.3) is 0 Å². The van der Waals surface area contributed by atoms with Crippen molar-refractivity contribution in [2.24, 2.45) is 0 Å². The second kappa shape index (κ2) is 7.34. The van der Waals surface area contributed by atoms with Gasteiger partial charge in [-0.25, -0.2) is 9.78 Å². The van der Waals surface area contributed by atoms with Crippen molar-refractivity contribution in [2.45, 2.75) is 32.2 Å². The van der Waals surface area contributed by atoms with E-state index in [2.05, 4.69) is 63.5 Å². The van der Waals surface area contributed by atoms with E-state index in [1.165, 1.54) is 5.56 Å². The molecule has 30 heavy (non-hydrogen) atoms. The number of carbonyl (C=O) groups is 1. The summed E-state index contributed by atoms with van der Waals surface area (Å²) in [6.45, 7) is 2.84. The summed E-state index contributed by atoms with van der Waals surface area (Å²) in [6, 6.07) is 18.4. The van der Waals surface area contributed by atoms with Gasteiger partial charge < -0.3 is 15.0 Å². The second-order valence-electron chi connectivity index (χ2n) is 8.02. The van der Waals surface area contributed by atoms with Crippen LogP contribution in [0.5, 0.6) is 0 Å². The minimum absolute atomic E-state index is 0.223. The predicted molar refractivity (Wildman–Crippen MR) is 119 cm³/mol. The highest BCUT2D eigenvalue weighted by molar-refractivity contribution is 5.95. The third-order valence-electron chi connectivity index (χ3n) is 5.75. The maximum Gasteiger partial charge on any atom is 0.339 e. The number of nitrogens with one attached hydrogen (secondary N) is 1. The standard InChI is InChI=1S/C25H23N3O2/c1-16-11-23-19(9-10-28(23)15-17-5-3-2-4-6-17)13-22(16)27-24-21(25(29)30)12-20(14-26-24)18-7-8-18/h2-6,9-14,18H,7-8,15H2,1H3,(H,26,27)(H,29,30). The molecule has 0 amide bonds. The van der Waals surface area contributed by atoms with E-state index >= 15 is 0 Å². The summed E-state index contributed by atoms with van der Waals surface area (Å²) in [5.41, 5.74) is 5.55. The molecule has 2 aromatic carbocycles. The van der Waals surface area contributed by atoms with Gasteiger partial charge in [-0.3, -0.25) is 0 Å². The first-order valence-corrected chi connectivity index (χ1v) is 10.2. The van der Waals surface area contributed by atoms with Crippen molar-refractivity contribution in [3.63, 3.8) is 0 Å². The number of hydrogen-bond donors (Lipinski definition) is 2. The van der Waals surface area contributed by atoms with Gasteiger partial charge >= 0.3 is 5.97 Å². The number of carboxylic acid groups (broad SMARTS) is 1. The van der Waals surface area contributed by atoms with Crippen LogP contribution in [-0.4, -0.2) is 20.6 Å². The van der Waals surface area contributed by atoms with Gasteiger partial charge in [0.15, 0.2) is 0 Å². The molecule has 2 heterocycles. The van der Waals surface area contributed by atoms with Crippen LogP contribution in [0.1, 0.15) is 45.8 Å². The molecule has 0 aliphatic heterocycles. The topological polar surface area (TPSA) is 67.2 Å². The normalized spacial score (nSPS) is 13.5. The summed E-state index contributed by atoms with van der Waals surface area (Å²) in [4.78, 5) is 16.2. The zero-order chi connectivity index (χ0) is 20.7. The van der Waals surface area contributed by atoms with E-state index in [1.54, 1.807) is 12.3 Å². The molecular weight excluding hydrogens is 374 g/mol. The molecule has 0 atom stereocenters. The van der Waals surface area contributed by atoms with Gasteiger partial charge in [-0.1, -0.05) is 30.3 Å². The number of aryl methyl sites for hydroxylation is 1. The van der Waals surface area contributed by atoms with Crippen LogP contribution in [-0.2, 0) is 6.54 Å². The lowest BCUT2D eigenvalue weighted by atomic mass is 10.1. The zero-order valence-electron chi connectivity index (χ0n) is 16.8. The predicted octanol–water partition coefficient (Wildman–Crippen LogP) is 5.71. The number of carboxylic acids is 1. The molecule has 0 spiro atoms. The fourth-order valence-electron chi connectivity index (χ4n) is 3.91. The lowest BCUT2D eigenvalue weighted by Gasteiger charge is -2.13. The molecule has 5 nitrogen and oxygen atoms in total. The van der Waals surface area contributed by atoms with Crippen molar-refractivity contribution < 1.29 is 9.90 Å². The van der Waals surface area contributed by atoms with E-state index in [1.807, 2.05) is 13.0 Å². The Morgan fingerprint density at radius 3 is 2.70 bits per heavy atom. The molecule has 0 radical (unpaired) electrons. The van der Waals surface area contributed by atoms with E-state index in [9.17, 15) is 9.90 Å². The summed E-state index contributed by atoms with van der Waals surface area (Å²) in [5.74, 6) is -0.106. The molecule has 0 saturated heterocycles. The van der Waals surface area contributed by atoms with E-state index in [0.717, 1.165) is 47.1 Å². The van der Waals surface area contributed by atoms with Crippen molar-refractivity contribution in [1.29, 1.82) is 0 Å². The van der Waals surface area contributed by atoms with E-state index in [4.69, 9.17) is 0 Å². The van der Waals surface area contributed by atoms with Gasteiger partial charge in [0.2, 0.25) is 0 Å². The molecular formula is C25H23N3O2. The molecule has 0 bridgehead atoms. The van der Waals surface area contributed by atoms with Crippen LogP contribution in [0.2, 0.25) is 0 Å². The molecule has 150 valence electrons. The fraction of sp³-hybridized carbons (Fsp3) is 0.200. The fourth-order valence-corrected chi connectivity index (χ4v) is 3.91. The first kappa shape index (κ1) is 18.4. The number of pyridine rings is 1. The van der Waals surface area contributed by atoms with Gasteiger partial charge in [0.1, 0.15) is 11.4 Å². The number of anilines is 2. The number of hydrogen-bond acceptors (Lipinski definition) is 3. The third kappa shape index (κ3) is 3.54. The average Bonchev–Trinajstić information content (AvgIpc) is 3.53. The Balaban J connectivity index is 1.47. The van der Waals surface area contributed by atoms with Crippen molar-refractivity contribution in [3.05, 3.63) is 89.2 Å². The van der Waals surface area contributed by atoms with Crippen molar-refractivity contribution >= 4 is 28.4 Å². The number of nitrogens with zero attached hydrogens (tertiary/aromatic N) is 2. The van der Waals surface area contributed by atoms with Gasteiger partial charge in [-0.05, 0) is 66.6 Å². The summed E-state index contributed by atoms with van der Waals surface area (Å²) in [6.07, 6.45) is 6.12. The highest BCUT2D eigenvalue weighted by atomic mass is 16.4. The van der Waals surface area contributed by atoms with Crippen LogP contribution in [0.4, 0.5) is 11.5 Å². The highest BCUT2D eigenvalue weighted by Crippen LogP contribution is 2.40. The van der Waals surface area contributed by atoms with Gasteiger partial charge in [0, 0.05) is 35.5 Å². The summed E-state index contributed by atoms with van der Waals surface area (Å²) in [7, 11) is 0. The molecule has 1 saturated carbocycles. The van der Waals surface area contributed by atoms with Crippen molar-refractivity contribution in [1.82, 2.24) is 9.55 Å². The van der Waals surface area contributed by atoms with Crippen molar-refractivity contribution in [3.8, 4) is 0 Å². The first-order valence-electron chi connectivity index (χ1n) is 10.2. The van der Waals surface area contributed by atoms with Gasteiger partial charge in [-0.2, -0.15) is 0 Å². The number of benzene rings is 2. The van der Waals surface area contributed by atoms with Crippen LogP contribution in [0.25, 0.3) is 10.9 Å². The minimum Gasteiger partial charge on any atom is -0.478 e. The average molecular weight is 397 g/mol. The first-order chi connectivity index (χ1) is 14.6. The molecule has 4 aromatic rings. The Morgan fingerprint density at radius 1 is 1.17 bits per heavy atom. The Kier molecular flexibility index (Phi) is 4.51. The number of fused-ring (bicyclic) bond motifs is 1. The monoisotopic (exact) mass is 397 g/mol. The molecule has 2 aromatic heterocycles. The van der Waals surface area contributed by atoms with Crippen LogP contribution >= 0.6 is 0 Å². The lowest BCUT2D eigenvalue weighted by molar-refractivity contribution is 0.0697. The van der Waals surface area contributed by atoms with Crippen molar-refractivity contribution in [2.75, 3.05) is 5.32 Å². The molecule has 1 fully saturated rings. The Labute approximate surface area is 175 Å². The molecule has 1 aliphatic carbocycles. The van der Waals surface area contributed by atoms with Crippen LogP contribution < -0.4 is 5.32 Å². The smallest absolute Gasteiger partial charge is 0.339 e. The lowest BCUT2D eigenvalue weighted by Crippen LogP contribution is -2.07. The molecule has 5 heteroatoms. The summed E-state index contributed by atoms with van der Waals surface area (Å²) in [5, 5.41) is 14.0.